The molecule has 0 bridgehead atoms. The third-order valence-electron chi connectivity index (χ3n) is 3.86. The van der Waals surface area contributed by atoms with Gasteiger partial charge in [-0.1, -0.05) is 43.9 Å². The van der Waals surface area contributed by atoms with Crippen LogP contribution in [0.2, 0.25) is 39.3 Å². The molecule has 0 unspecified atom stereocenters. The van der Waals surface area contributed by atoms with E-state index in [1.165, 1.54) is 0 Å². The predicted molar refractivity (Wildman–Crippen MR) is 120 cm³/mol. The smallest absolute Gasteiger partial charge is 0.257 e. The quantitative estimate of drug-likeness (QED) is 0.557. The largest absolute Gasteiger partial charge is 0.542 e. The number of rotatable bonds is 8. The monoisotopic (exact) mass is 417 g/mol. The van der Waals surface area contributed by atoms with Crippen LogP contribution in [-0.4, -0.2) is 36.2 Å². The summed E-state index contributed by atoms with van der Waals surface area (Å²) in [5, 5.41) is 0. The van der Waals surface area contributed by atoms with Crippen LogP contribution in [0.4, 0.5) is 5.69 Å². The molecule has 2 rings (SSSR count). The Morgan fingerprint density at radius 1 is 0.857 bits per heavy atom. The molecule has 0 saturated heterocycles. The van der Waals surface area contributed by atoms with Crippen LogP contribution >= 0.6 is 0 Å². The maximum absolute atomic E-state index is 13.2. The minimum atomic E-state index is -2.03. The van der Waals surface area contributed by atoms with Gasteiger partial charge in [-0.25, -0.2) is 0 Å². The topological polar surface area (TPSA) is 48.0 Å². The molecular weight excluding hydrogens is 386 g/mol. The fraction of sp³-hybridized carbons (Fsp3) is 0.381. The van der Waals surface area contributed by atoms with Gasteiger partial charge in [0, 0.05) is 0 Å². The zero-order valence-corrected chi connectivity index (χ0v) is 19.9. The second-order valence-corrected chi connectivity index (χ2v) is 17.7. The van der Waals surface area contributed by atoms with Crippen LogP contribution in [0.5, 0.6) is 17.2 Å². The Labute approximate surface area is 170 Å². The number of anilines is 1. The lowest BCUT2D eigenvalue weighted by atomic mass is 10.3. The number of hydrogen-bond acceptors (Lipinski definition) is 4. The highest BCUT2D eigenvalue weighted by atomic mass is 28.4. The van der Waals surface area contributed by atoms with Crippen molar-refractivity contribution in [3.63, 3.8) is 0 Å². The molecule has 152 valence electrons. The summed E-state index contributed by atoms with van der Waals surface area (Å²) in [5.41, 5.74) is 0.782. The SMILES string of the molecule is COc1ccccc1N(C(=O)COc1ccccc1O[Si](C)(C)C)[Si](C)(C)C. The number of carbonyl (C=O) groups excluding carboxylic acids is 1. The van der Waals surface area contributed by atoms with E-state index in [1.807, 2.05) is 53.1 Å². The summed E-state index contributed by atoms with van der Waals surface area (Å²) in [6, 6.07) is 15.1. The molecule has 0 saturated carbocycles. The first-order valence-electron chi connectivity index (χ1n) is 9.40. The number of carbonyl (C=O) groups is 1. The van der Waals surface area contributed by atoms with Crippen LogP contribution in [0.1, 0.15) is 0 Å². The Morgan fingerprint density at radius 2 is 1.39 bits per heavy atom. The number of methoxy groups -OCH3 is 1. The van der Waals surface area contributed by atoms with Crippen LogP contribution in [0, 0.1) is 0 Å². The third-order valence-corrected chi connectivity index (χ3v) is 6.53. The molecule has 0 aromatic heterocycles. The van der Waals surface area contributed by atoms with Gasteiger partial charge in [0.15, 0.2) is 20.6 Å². The van der Waals surface area contributed by atoms with Crippen molar-refractivity contribution in [1.82, 2.24) is 0 Å². The maximum atomic E-state index is 13.2. The molecular formula is C21H31NO4Si2. The van der Waals surface area contributed by atoms with E-state index >= 15 is 0 Å². The van der Waals surface area contributed by atoms with Gasteiger partial charge in [-0.2, -0.15) is 0 Å². The number of hydrogen-bond donors (Lipinski definition) is 0. The van der Waals surface area contributed by atoms with Crippen molar-refractivity contribution in [2.24, 2.45) is 0 Å². The number of para-hydroxylation sites is 4. The van der Waals surface area contributed by atoms with Crippen LogP contribution in [0.3, 0.4) is 0 Å². The molecule has 0 aliphatic carbocycles. The van der Waals surface area contributed by atoms with Gasteiger partial charge in [-0.05, 0) is 43.9 Å². The van der Waals surface area contributed by atoms with Crippen LogP contribution in [0.25, 0.3) is 0 Å². The van der Waals surface area contributed by atoms with E-state index in [-0.39, 0.29) is 12.5 Å². The second-order valence-electron chi connectivity index (χ2n) is 8.52. The first kappa shape index (κ1) is 22.0. The van der Waals surface area contributed by atoms with Gasteiger partial charge in [-0.15, -0.1) is 0 Å². The molecule has 0 radical (unpaired) electrons. The summed E-state index contributed by atoms with van der Waals surface area (Å²) < 4.78 is 19.3. The van der Waals surface area contributed by atoms with Gasteiger partial charge in [0.2, 0.25) is 8.32 Å². The van der Waals surface area contributed by atoms with E-state index in [0.717, 1.165) is 5.69 Å². The average molecular weight is 418 g/mol. The van der Waals surface area contributed by atoms with Crippen molar-refractivity contribution < 1.29 is 18.7 Å². The fourth-order valence-corrected chi connectivity index (χ4v) is 5.42. The molecule has 2 aromatic rings. The molecule has 0 fully saturated rings. The average Bonchev–Trinajstić information content (AvgIpc) is 2.59. The lowest BCUT2D eigenvalue weighted by molar-refractivity contribution is -0.119. The minimum absolute atomic E-state index is 0.0611. The molecule has 28 heavy (non-hydrogen) atoms. The van der Waals surface area contributed by atoms with E-state index in [4.69, 9.17) is 13.9 Å². The zero-order valence-electron chi connectivity index (χ0n) is 17.9. The summed E-state index contributed by atoms with van der Waals surface area (Å²) in [6.45, 7) is 12.7. The number of amides is 1. The van der Waals surface area contributed by atoms with Crippen molar-refractivity contribution in [2.75, 3.05) is 18.3 Å². The van der Waals surface area contributed by atoms with Gasteiger partial charge >= 0.3 is 0 Å². The van der Waals surface area contributed by atoms with Crippen LogP contribution in [0.15, 0.2) is 48.5 Å². The van der Waals surface area contributed by atoms with Crippen molar-refractivity contribution in [1.29, 1.82) is 0 Å². The number of benzene rings is 2. The molecule has 0 aliphatic rings. The van der Waals surface area contributed by atoms with E-state index < -0.39 is 16.6 Å². The molecule has 7 heteroatoms. The molecule has 5 nitrogen and oxygen atoms in total. The van der Waals surface area contributed by atoms with Crippen molar-refractivity contribution >= 4 is 28.1 Å². The van der Waals surface area contributed by atoms with Gasteiger partial charge in [-0.3, -0.25) is 4.79 Å². The Morgan fingerprint density at radius 3 is 1.93 bits per heavy atom. The Hall–Kier alpha value is -2.26. The fourth-order valence-electron chi connectivity index (χ4n) is 2.87. The van der Waals surface area contributed by atoms with Crippen LogP contribution in [-0.2, 0) is 4.79 Å². The van der Waals surface area contributed by atoms with E-state index in [9.17, 15) is 4.79 Å². The summed E-state index contributed by atoms with van der Waals surface area (Å²) in [7, 11) is -2.20. The first-order chi connectivity index (χ1) is 13.0. The standard InChI is InChI=1S/C21H31NO4Si2/c1-24-18-13-9-8-12-17(18)22(27(2,3)4)21(23)16-25-19-14-10-11-15-20(19)26-28(5,6)7/h8-15H,16H2,1-7H3. The normalized spacial score (nSPS) is 11.7. The number of ether oxygens (including phenoxy) is 2. The van der Waals surface area contributed by atoms with Gasteiger partial charge in [0.25, 0.3) is 5.91 Å². The lowest BCUT2D eigenvalue weighted by Crippen LogP contribution is -2.52. The molecule has 0 aliphatic heterocycles. The Bertz CT molecular complexity index is 813. The zero-order chi connectivity index (χ0) is 20.9. The summed E-state index contributed by atoms with van der Waals surface area (Å²) >= 11 is 0. The molecule has 0 spiro atoms. The summed E-state index contributed by atoms with van der Waals surface area (Å²) in [5.74, 6) is 1.87. The first-order valence-corrected chi connectivity index (χ1v) is 16.3. The van der Waals surface area contributed by atoms with Crippen LogP contribution < -0.4 is 18.5 Å². The Kier molecular flexibility index (Phi) is 6.95. The minimum Gasteiger partial charge on any atom is -0.542 e. The van der Waals surface area contributed by atoms with Crippen molar-refractivity contribution in [2.45, 2.75) is 39.3 Å². The highest BCUT2D eigenvalue weighted by Crippen LogP contribution is 2.33. The highest BCUT2D eigenvalue weighted by molar-refractivity contribution is 6.83. The van der Waals surface area contributed by atoms with E-state index in [2.05, 4.69) is 39.3 Å². The predicted octanol–water partition coefficient (Wildman–Crippen LogP) is 5.16. The molecule has 0 heterocycles. The lowest BCUT2D eigenvalue weighted by Gasteiger charge is -2.35. The van der Waals surface area contributed by atoms with Crippen molar-refractivity contribution in [3.8, 4) is 17.2 Å². The van der Waals surface area contributed by atoms with Gasteiger partial charge in [0.1, 0.15) is 11.5 Å². The van der Waals surface area contributed by atoms with Gasteiger partial charge < -0.3 is 18.5 Å². The molecule has 0 N–H and O–H groups in total. The third kappa shape index (κ3) is 5.87. The summed E-state index contributed by atoms with van der Waals surface area (Å²) in [6.07, 6.45) is 0. The molecule has 0 atom stereocenters. The van der Waals surface area contributed by atoms with Crippen molar-refractivity contribution in [3.05, 3.63) is 48.5 Å². The summed E-state index contributed by atoms with van der Waals surface area (Å²) in [4.78, 5) is 13.2. The molecule has 2 aromatic carbocycles. The van der Waals surface area contributed by atoms with E-state index in [0.29, 0.717) is 17.2 Å². The highest BCUT2D eigenvalue weighted by Gasteiger charge is 2.32. The Balaban J connectivity index is 2.25. The maximum Gasteiger partial charge on any atom is 0.257 e. The second kappa shape index (κ2) is 8.83. The number of nitrogens with zero attached hydrogens (tertiary/aromatic N) is 1. The van der Waals surface area contributed by atoms with E-state index in [1.54, 1.807) is 7.11 Å². The molecule has 1 amide bonds. The van der Waals surface area contributed by atoms with Gasteiger partial charge in [0.05, 0.1) is 12.8 Å².